The highest BCUT2D eigenvalue weighted by atomic mass is 79.9. The molecule has 128 valence electrons. The van der Waals surface area contributed by atoms with Crippen molar-refractivity contribution in [2.24, 2.45) is 0 Å². The fourth-order valence-electron chi connectivity index (χ4n) is 2.47. The molecule has 0 bridgehead atoms. The fourth-order valence-corrected chi connectivity index (χ4v) is 2.74. The van der Waals surface area contributed by atoms with Crippen LogP contribution in [0.3, 0.4) is 0 Å². The first kappa shape index (κ1) is 17.4. The molecule has 3 rings (SSSR count). The predicted molar refractivity (Wildman–Crippen MR) is 101 cm³/mol. The summed E-state index contributed by atoms with van der Waals surface area (Å²) in [5.74, 6) is 0.0315. The van der Waals surface area contributed by atoms with E-state index < -0.39 is 5.97 Å². The van der Waals surface area contributed by atoms with Crippen LogP contribution in [0.1, 0.15) is 35.0 Å². The van der Waals surface area contributed by atoms with Crippen molar-refractivity contribution >= 4 is 21.9 Å². The molecule has 0 saturated heterocycles. The van der Waals surface area contributed by atoms with Crippen molar-refractivity contribution in [2.45, 2.75) is 26.7 Å². The minimum atomic E-state index is -0.399. The lowest BCUT2D eigenvalue weighted by Crippen LogP contribution is -2.11. The number of hydrogen-bond acceptors (Lipinski definition) is 3. The van der Waals surface area contributed by atoms with Crippen LogP contribution in [-0.4, -0.2) is 15.7 Å². The van der Waals surface area contributed by atoms with Crippen molar-refractivity contribution in [1.82, 2.24) is 9.78 Å². The summed E-state index contributed by atoms with van der Waals surface area (Å²) in [4.78, 5) is 12.5. The maximum Gasteiger partial charge on any atom is 0.344 e. The first-order valence-electron chi connectivity index (χ1n) is 8.20. The van der Waals surface area contributed by atoms with E-state index in [4.69, 9.17) is 4.74 Å². The largest absolute Gasteiger partial charge is 0.404 e. The number of carbonyl (C=O) groups is 1. The summed E-state index contributed by atoms with van der Waals surface area (Å²) in [5, 5.41) is 4.59. The van der Waals surface area contributed by atoms with E-state index in [-0.39, 0.29) is 0 Å². The van der Waals surface area contributed by atoms with Crippen molar-refractivity contribution in [3.8, 4) is 11.6 Å². The summed E-state index contributed by atoms with van der Waals surface area (Å²) in [6.45, 7) is 4.13. The summed E-state index contributed by atoms with van der Waals surface area (Å²) in [7, 11) is 0. The summed E-state index contributed by atoms with van der Waals surface area (Å²) in [6, 6.07) is 16.9. The zero-order chi connectivity index (χ0) is 17.8. The van der Waals surface area contributed by atoms with Gasteiger partial charge < -0.3 is 4.74 Å². The molecule has 0 fully saturated rings. The molecule has 0 aliphatic rings. The maximum atomic E-state index is 12.5. The minimum Gasteiger partial charge on any atom is -0.404 e. The summed E-state index contributed by atoms with van der Waals surface area (Å²) < 4.78 is 8.23. The van der Waals surface area contributed by atoms with Gasteiger partial charge in [0.2, 0.25) is 5.88 Å². The summed E-state index contributed by atoms with van der Waals surface area (Å²) >= 11 is 3.36. The van der Waals surface area contributed by atoms with E-state index >= 15 is 0 Å². The normalized spacial score (nSPS) is 10.7. The Morgan fingerprint density at radius 1 is 1.12 bits per heavy atom. The van der Waals surface area contributed by atoms with Crippen molar-refractivity contribution in [3.05, 3.63) is 75.9 Å². The number of hydrogen-bond donors (Lipinski definition) is 0. The van der Waals surface area contributed by atoms with Crippen LogP contribution in [-0.2, 0) is 6.42 Å². The summed E-state index contributed by atoms with van der Waals surface area (Å²) in [6.07, 6.45) is 1.81. The molecule has 0 amide bonds. The average Bonchev–Trinajstić information content (AvgIpc) is 2.99. The van der Waals surface area contributed by atoms with Crippen LogP contribution in [0.15, 0.2) is 59.1 Å². The van der Waals surface area contributed by atoms with Crippen LogP contribution in [0, 0.1) is 6.92 Å². The Morgan fingerprint density at radius 3 is 2.44 bits per heavy atom. The van der Waals surface area contributed by atoms with Gasteiger partial charge in [-0.25, -0.2) is 9.48 Å². The van der Waals surface area contributed by atoms with Gasteiger partial charge in [0.05, 0.1) is 16.9 Å². The van der Waals surface area contributed by atoms with Crippen molar-refractivity contribution in [3.63, 3.8) is 0 Å². The smallest absolute Gasteiger partial charge is 0.344 e. The number of esters is 1. The molecule has 5 heteroatoms. The Kier molecular flexibility index (Phi) is 5.34. The van der Waals surface area contributed by atoms with E-state index in [1.807, 2.05) is 49.4 Å². The first-order valence-corrected chi connectivity index (χ1v) is 9.00. The lowest BCUT2D eigenvalue weighted by Gasteiger charge is -2.08. The number of nitrogens with zero attached hydrogens (tertiary/aromatic N) is 2. The molecule has 3 aromatic rings. The van der Waals surface area contributed by atoms with Crippen molar-refractivity contribution in [2.75, 3.05) is 0 Å². The van der Waals surface area contributed by atoms with Gasteiger partial charge in [0.25, 0.3) is 0 Å². The molecule has 0 spiro atoms. The number of aromatic nitrogens is 2. The minimum absolute atomic E-state index is 0.399. The third-order valence-electron chi connectivity index (χ3n) is 3.79. The first-order chi connectivity index (χ1) is 12.1. The highest BCUT2D eigenvalue weighted by Crippen LogP contribution is 2.22. The molecule has 0 radical (unpaired) electrons. The molecule has 0 saturated carbocycles. The molecule has 0 aliphatic heterocycles. The van der Waals surface area contributed by atoms with E-state index in [0.29, 0.717) is 11.4 Å². The van der Waals surface area contributed by atoms with Gasteiger partial charge in [-0.3, -0.25) is 0 Å². The van der Waals surface area contributed by atoms with Gasteiger partial charge in [0.1, 0.15) is 0 Å². The van der Waals surface area contributed by atoms with Crippen molar-refractivity contribution < 1.29 is 9.53 Å². The molecular weight excluding hydrogens is 380 g/mol. The standard InChI is InChI=1S/C20H19BrN2O2/c1-3-4-17-13-19(23(22-17)18-11-5-14(2)6-12-18)25-20(24)15-7-9-16(21)10-8-15/h5-13H,3-4H2,1-2H3. The highest BCUT2D eigenvalue weighted by Gasteiger charge is 2.16. The molecule has 1 heterocycles. The van der Waals surface area contributed by atoms with E-state index in [1.165, 1.54) is 0 Å². The van der Waals surface area contributed by atoms with Crippen LogP contribution in [0.4, 0.5) is 0 Å². The summed E-state index contributed by atoms with van der Waals surface area (Å²) in [5.41, 5.74) is 3.43. The Hall–Kier alpha value is -2.40. The SMILES string of the molecule is CCCc1cc(OC(=O)c2ccc(Br)cc2)n(-c2ccc(C)cc2)n1. The van der Waals surface area contributed by atoms with E-state index in [0.717, 1.165) is 34.3 Å². The molecular formula is C20H19BrN2O2. The number of halogens is 1. The quantitative estimate of drug-likeness (QED) is 0.560. The lowest BCUT2D eigenvalue weighted by atomic mass is 10.2. The monoisotopic (exact) mass is 398 g/mol. The topological polar surface area (TPSA) is 44.1 Å². The second-order valence-electron chi connectivity index (χ2n) is 5.87. The fraction of sp³-hybridized carbons (Fsp3) is 0.200. The molecule has 0 unspecified atom stereocenters. The van der Waals surface area contributed by atoms with Crippen LogP contribution in [0.5, 0.6) is 5.88 Å². The second kappa shape index (κ2) is 7.66. The third-order valence-corrected chi connectivity index (χ3v) is 4.32. The van der Waals surface area contributed by atoms with E-state index in [9.17, 15) is 4.79 Å². The number of carbonyl (C=O) groups excluding carboxylic acids is 1. The molecule has 0 atom stereocenters. The van der Waals surface area contributed by atoms with Crippen LogP contribution >= 0.6 is 15.9 Å². The van der Waals surface area contributed by atoms with Crippen LogP contribution < -0.4 is 4.74 Å². The molecule has 0 aliphatic carbocycles. The van der Waals surface area contributed by atoms with Gasteiger partial charge in [-0.1, -0.05) is 47.0 Å². The zero-order valence-corrected chi connectivity index (χ0v) is 15.8. The Balaban J connectivity index is 1.92. The van der Waals surface area contributed by atoms with Gasteiger partial charge in [-0.15, -0.1) is 0 Å². The molecule has 0 N–H and O–H groups in total. The van der Waals surface area contributed by atoms with Gasteiger partial charge in [-0.05, 0) is 49.7 Å². The average molecular weight is 399 g/mol. The van der Waals surface area contributed by atoms with E-state index in [2.05, 4.69) is 28.0 Å². The second-order valence-corrected chi connectivity index (χ2v) is 6.78. The number of aryl methyl sites for hydroxylation is 2. The predicted octanol–water partition coefficient (Wildman–Crippen LogP) is 5.11. The van der Waals surface area contributed by atoms with Gasteiger partial charge in [-0.2, -0.15) is 5.10 Å². The van der Waals surface area contributed by atoms with Crippen LogP contribution in [0.25, 0.3) is 5.69 Å². The molecule has 2 aromatic carbocycles. The Labute approximate surface area is 155 Å². The molecule has 1 aromatic heterocycles. The third kappa shape index (κ3) is 4.17. The maximum absolute atomic E-state index is 12.5. The molecule has 4 nitrogen and oxygen atoms in total. The highest BCUT2D eigenvalue weighted by molar-refractivity contribution is 9.10. The van der Waals surface area contributed by atoms with Gasteiger partial charge >= 0.3 is 5.97 Å². The lowest BCUT2D eigenvalue weighted by molar-refractivity contribution is 0.0723. The number of rotatable bonds is 5. The Bertz CT molecular complexity index is 868. The zero-order valence-electron chi connectivity index (χ0n) is 14.2. The number of ether oxygens (including phenoxy) is 1. The van der Waals surface area contributed by atoms with Crippen molar-refractivity contribution in [1.29, 1.82) is 0 Å². The van der Waals surface area contributed by atoms with Gasteiger partial charge in [0, 0.05) is 10.5 Å². The number of benzene rings is 2. The van der Waals surface area contributed by atoms with Gasteiger partial charge in [0.15, 0.2) is 0 Å². The van der Waals surface area contributed by atoms with E-state index in [1.54, 1.807) is 16.8 Å². The van der Waals surface area contributed by atoms with Crippen LogP contribution in [0.2, 0.25) is 0 Å². The molecule has 25 heavy (non-hydrogen) atoms. The Morgan fingerprint density at radius 2 is 1.80 bits per heavy atom.